The highest BCUT2D eigenvalue weighted by Gasteiger charge is 2.33. The van der Waals surface area contributed by atoms with Crippen LogP contribution in [0.3, 0.4) is 0 Å². The van der Waals surface area contributed by atoms with Gasteiger partial charge in [-0.3, -0.25) is 9.88 Å². The number of nitrogens with zero attached hydrogens (tertiary/aromatic N) is 2. The van der Waals surface area contributed by atoms with Gasteiger partial charge < -0.3 is 4.74 Å². The van der Waals surface area contributed by atoms with Crippen molar-refractivity contribution < 1.29 is 22.7 Å². The molecule has 2 aromatic rings. The highest BCUT2D eigenvalue weighted by Crippen LogP contribution is 2.37. The molecule has 4 nitrogen and oxygen atoms in total. The summed E-state index contributed by atoms with van der Waals surface area (Å²) in [5, 5.41) is -0.0618. The molecule has 0 unspecified atom stereocenters. The molecule has 0 radical (unpaired) electrons. The summed E-state index contributed by atoms with van der Waals surface area (Å²) in [5.41, 5.74) is -0.446. The van der Waals surface area contributed by atoms with Crippen molar-refractivity contribution in [3.63, 3.8) is 0 Å². The average Bonchev–Trinajstić information content (AvgIpc) is 2.43. The minimum absolute atomic E-state index is 0.0618. The van der Waals surface area contributed by atoms with Crippen molar-refractivity contribution in [1.82, 2.24) is 4.98 Å². The Hall–Kier alpha value is -2.31. The zero-order valence-corrected chi connectivity index (χ0v) is 10.7. The quantitative estimate of drug-likeness (QED) is 0.805. The van der Waals surface area contributed by atoms with Gasteiger partial charge in [-0.25, -0.2) is 4.79 Å². The highest BCUT2D eigenvalue weighted by molar-refractivity contribution is 6.00. The standard InChI is InChI=1S/C13H11F3N2O2/c1-18(12(19)20-2)10-6-5-9(13(14,15)16)8-4-3-7-17-11(8)10/h3-7H,1-2H3. The predicted octanol–water partition coefficient (Wildman–Crippen LogP) is 3.46. The van der Waals surface area contributed by atoms with Crippen molar-refractivity contribution in [1.29, 1.82) is 0 Å². The largest absolute Gasteiger partial charge is 0.452 e. The van der Waals surface area contributed by atoms with E-state index in [1.54, 1.807) is 0 Å². The molecule has 0 atom stereocenters. The van der Waals surface area contributed by atoms with E-state index in [0.29, 0.717) is 0 Å². The number of methoxy groups -OCH3 is 1. The minimum Gasteiger partial charge on any atom is -0.452 e. The van der Waals surface area contributed by atoms with Crippen LogP contribution < -0.4 is 4.90 Å². The number of halogens is 3. The molecule has 106 valence electrons. The van der Waals surface area contributed by atoms with Crippen LogP contribution in [0.5, 0.6) is 0 Å². The van der Waals surface area contributed by atoms with Crippen LogP contribution in [0.4, 0.5) is 23.7 Å². The lowest BCUT2D eigenvalue weighted by atomic mass is 10.1. The van der Waals surface area contributed by atoms with E-state index in [0.717, 1.165) is 11.0 Å². The first-order valence-corrected chi connectivity index (χ1v) is 5.63. The first kappa shape index (κ1) is 14.1. The first-order valence-electron chi connectivity index (χ1n) is 5.63. The van der Waals surface area contributed by atoms with Gasteiger partial charge in [-0.15, -0.1) is 0 Å². The van der Waals surface area contributed by atoms with Crippen molar-refractivity contribution >= 4 is 22.7 Å². The fourth-order valence-corrected chi connectivity index (χ4v) is 1.91. The molecule has 7 heteroatoms. The second-order valence-electron chi connectivity index (χ2n) is 4.06. The number of hydrogen-bond acceptors (Lipinski definition) is 3. The van der Waals surface area contributed by atoms with Crippen molar-refractivity contribution in [2.75, 3.05) is 19.1 Å². The summed E-state index contributed by atoms with van der Waals surface area (Å²) in [6.07, 6.45) is -3.79. The second kappa shape index (κ2) is 4.99. The predicted molar refractivity (Wildman–Crippen MR) is 67.6 cm³/mol. The molecule has 2 rings (SSSR count). The van der Waals surface area contributed by atoms with Crippen LogP contribution >= 0.6 is 0 Å². The van der Waals surface area contributed by atoms with Crippen LogP contribution in [-0.4, -0.2) is 25.2 Å². The number of aromatic nitrogens is 1. The topological polar surface area (TPSA) is 42.4 Å². The van der Waals surface area contributed by atoms with Gasteiger partial charge in [0.05, 0.1) is 23.9 Å². The first-order chi connectivity index (χ1) is 9.36. The van der Waals surface area contributed by atoms with Crippen LogP contribution in [-0.2, 0) is 10.9 Å². The molecule has 0 bridgehead atoms. The maximum atomic E-state index is 12.9. The normalized spacial score (nSPS) is 11.4. The minimum atomic E-state index is -4.48. The lowest BCUT2D eigenvalue weighted by molar-refractivity contribution is -0.136. The van der Waals surface area contributed by atoms with Gasteiger partial charge in [0.2, 0.25) is 0 Å². The molecule has 0 saturated heterocycles. The van der Waals surface area contributed by atoms with Gasteiger partial charge in [-0.05, 0) is 18.2 Å². The van der Waals surface area contributed by atoms with E-state index >= 15 is 0 Å². The third-order valence-corrected chi connectivity index (χ3v) is 2.86. The Labute approximate surface area is 112 Å². The molecule has 0 aliphatic rings. The fourth-order valence-electron chi connectivity index (χ4n) is 1.91. The van der Waals surface area contributed by atoms with E-state index in [9.17, 15) is 18.0 Å². The number of benzene rings is 1. The van der Waals surface area contributed by atoms with Crippen molar-refractivity contribution in [3.05, 3.63) is 36.0 Å². The number of anilines is 1. The molecule has 0 N–H and O–H groups in total. The number of rotatable bonds is 1. The van der Waals surface area contributed by atoms with E-state index in [4.69, 9.17) is 0 Å². The Morgan fingerprint density at radius 3 is 2.60 bits per heavy atom. The van der Waals surface area contributed by atoms with Gasteiger partial charge in [0.1, 0.15) is 0 Å². The summed E-state index contributed by atoms with van der Waals surface area (Å²) < 4.78 is 43.4. The van der Waals surface area contributed by atoms with Gasteiger partial charge in [0, 0.05) is 18.6 Å². The summed E-state index contributed by atoms with van der Waals surface area (Å²) in [6.45, 7) is 0. The molecule has 1 aromatic carbocycles. The number of pyridine rings is 1. The zero-order valence-electron chi connectivity index (χ0n) is 10.7. The summed E-state index contributed by atoms with van der Waals surface area (Å²) in [5.74, 6) is 0. The number of fused-ring (bicyclic) bond motifs is 1. The summed E-state index contributed by atoms with van der Waals surface area (Å²) in [6, 6.07) is 4.87. The maximum absolute atomic E-state index is 12.9. The lowest BCUT2D eigenvalue weighted by Gasteiger charge is -2.19. The average molecular weight is 284 g/mol. The smallest absolute Gasteiger partial charge is 0.417 e. The summed E-state index contributed by atoms with van der Waals surface area (Å²) in [7, 11) is 2.60. The Kier molecular flexibility index (Phi) is 3.52. The van der Waals surface area contributed by atoms with Crippen LogP contribution in [0.1, 0.15) is 5.56 Å². The van der Waals surface area contributed by atoms with E-state index in [1.165, 1.54) is 38.6 Å². The Morgan fingerprint density at radius 2 is 2.00 bits per heavy atom. The molecule has 1 aromatic heterocycles. The number of amides is 1. The molecule has 0 saturated carbocycles. The zero-order chi connectivity index (χ0) is 14.9. The van der Waals surface area contributed by atoms with E-state index < -0.39 is 17.8 Å². The molecule has 1 amide bonds. The van der Waals surface area contributed by atoms with Crippen molar-refractivity contribution in [3.8, 4) is 0 Å². The van der Waals surface area contributed by atoms with E-state index in [1.807, 2.05) is 0 Å². The Bertz CT molecular complexity index is 656. The number of carbonyl (C=O) groups excluding carboxylic acids is 1. The second-order valence-corrected chi connectivity index (χ2v) is 4.06. The molecular weight excluding hydrogens is 273 g/mol. The number of hydrogen-bond donors (Lipinski definition) is 0. The monoisotopic (exact) mass is 284 g/mol. The van der Waals surface area contributed by atoms with Crippen LogP contribution in [0, 0.1) is 0 Å². The van der Waals surface area contributed by atoms with Gasteiger partial charge in [-0.1, -0.05) is 6.07 Å². The third-order valence-electron chi connectivity index (χ3n) is 2.86. The van der Waals surface area contributed by atoms with Gasteiger partial charge >= 0.3 is 12.3 Å². The van der Waals surface area contributed by atoms with Gasteiger partial charge in [-0.2, -0.15) is 13.2 Å². The molecular formula is C13H11F3N2O2. The molecule has 0 aliphatic carbocycles. The molecule has 0 fully saturated rings. The number of alkyl halides is 3. The number of carbonyl (C=O) groups is 1. The fraction of sp³-hybridized carbons (Fsp3) is 0.231. The number of ether oxygens (including phenoxy) is 1. The lowest BCUT2D eigenvalue weighted by Crippen LogP contribution is -2.26. The van der Waals surface area contributed by atoms with Gasteiger partial charge in [0.15, 0.2) is 0 Å². The summed E-state index contributed by atoms with van der Waals surface area (Å²) >= 11 is 0. The van der Waals surface area contributed by atoms with Crippen molar-refractivity contribution in [2.24, 2.45) is 0 Å². The van der Waals surface area contributed by atoms with Crippen LogP contribution in [0.15, 0.2) is 30.5 Å². The molecule has 0 spiro atoms. The third kappa shape index (κ3) is 2.38. The maximum Gasteiger partial charge on any atom is 0.417 e. The Morgan fingerprint density at radius 1 is 1.30 bits per heavy atom. The van der Waals surface area contributed by atoms with Gasteiger partial charge in [0.25, 0.3) is 0 Å². The molecule has 20 heavy (non-hydrogen) atoms. The Balaban J connectivity index is 2.69. The van der Waals surface area contributed by atoms with Crippen LogP contribution in [0.2, 0.25) is 0 Å². The molecule has 1 heterocycles. The SMILES string of the molecule is COC(=O)N(C)c1ccc(C(F)(F)F)c2cccnc12. The van der Waals surface area contributed by atoms with E-state index in [-0.39, 0.29) is 16.6 Å². The summed E-state index contributed by atoms with van der Waals surface area (Å²) in [4.78, 5) is 16.5. The molecule has 0 aliphatic heterocycles. The van der Waals surface area contributed by atoms with Crippen LogP contribution in [0.25, 0.3) is 10.9 Å². The van der Waals surface area contributed by atoms with Crippen molar-refractivity contribution in [2.45, 2.75) is 6.18 Å². The van der Waals surface area contributed by atoms with E-state index in [2.05, 4.69) is 9.72 Å². The highest BCUT2D eigenvalue weighted by atomic mass is 19.4.